The van der Waals surface area contributed by atoms with Crippen LogP contribution >= 0.6 is 15.9 Å². The molecule has 0 bridgehead atoms. The maximum atomic E-state index is 9.79. The molecule has 16 heavy (non-hydrogen) atoms. The zero-order valence-electron chi connectivity index (χ0n) is 9.78. The highest BCUT2D eigenvalue weighted by Crippen LogP contribution is 2.23. The van der Waals surface area contributed by atoms with Crippen molar-refractivity contribution in [2.75, 3.05) is 6.61 Å². The van der Waals surface area contributed by atoms with Crippen molar-refractivity contribution < 1.29 is 10.2 Å². The molecule has 0 aliphatic heterocycles. The standard InChI is InChI=1S/C11H19BrN2O2/c1-3-9-11(12)10(14(2)13-9)7-8(16)5-4-6-15/h8,15-16H,3-7H2,1-2H3. The van der Waals surface area contributed by atoms with Gasteiger partial charge in [0.15, 0.2) is 0 Å². The van der Waals surface area contributed by atoms with E-state index < -0.39 is 6.10 Å². The van der Waals surface area contributed by atoms with E-state index in [-0.39, 0.29) is 6.61 Å². The number of nitrogens with zero attached hydrogens (tertiary/aromatic N) is 2. The zero-order chi connectivity index (χ0) is 12.1. The van der Waals surface area contributed by atoms with Crippen molar-refractivity contribution in [3.63, 3.8) is 0 Å². The summed E-state index contributed by atoms with van der Waals surface area (Å²) in [5.74, 6) is 0. The first-order valence-corrected chi connectivity index (χ1v) is 6.38. The number of aliphatic hydroxyl groups excluding tert-OH is 2. The second-order valence-electron chi connectivity index (χ2n) is 3.91. The lowest BCUT2D eigenvalue weighted by atomic mass is 10.1. The van der Waals surface area contributed by atoms with Crippen molar-refractivity contribution in [1.29, 1.82) is 0 Å². The van der Waals surface area contributed by atoms with E-state index in [9.17, 15) is 5.11 Å². The van der Waals surface area contributed by atoms with Gasteiger partial charge in [-0.05, 0) is 35.2 Å². The van der Waals surface area contributed by atoms with Gasteiger partial charge in [0.2, 0.25) is 0 Å². The molecule has 1 aromatic heterocycles. The Kier molecular flexibility index (Phi) is 5.44. The molecule has 0 aromatic carbocycles. The van der Waals surface area contributed by atoms with Gasteiger partial charge in [-0.1, -0.05) is 6.92 Å². The minimum atomic E-state index is -0.413. The van der Waals surface area contributed by atoms with Gasteiger partial charge in [-0.2, -0.15) is 5.10 Å². The van der Waals surface area contributed by atoms with Crippen LogP contribution < -0.4 is 0 Å². The molecular formula is C11H19BrN2O2. The van der Waals surface area contributed by atoms with Crippen molar-refractivity contribution in [2.24, 2.45) is 7.05 Å². The maximum Gasteiger partial charge on any atom is 0.0766 e. The van der Waals surface area contributed by atoms with E-state index in [1.165, 1.54) is 0 Å². The number of hydrogen-bond donors (Lipinski definition) is 2. The van der Waals surface area contributed by atoms with Gasteiger partial charge in [-0.15, -0.1) is 0 Å². The van der Waals surface area contributed by atoms with Crippen molar-refractivity contribution >= 4 is 15.9 Å². The summed E-state index contributed by atoms with van der Waals surface area (Å²) in [5.41, 5.74) is 2.04. The fourth-order valence-electron chi connectivity index (χ4n) is 1.69. The molecule has 0 fully saturated rings. The first-order chi connectivity index (χ1) is 7.60. The highest BCUT2D eigenvalue weighted by molar-refractivity contribution is 9.10. The van der Waals surface area contributed by atoms with Gasteiger partial charge in [0.1, 0.15) is 0 Å². The largest absolute Gasteiger partial charge is 0.396 e. The number of aliphatic hydroxyl groups is 2. The minimum absolute atomic E-state index is 0.129. The second kappa shape index (κ2) is 6.37. The summed E-state index contributed by atoms with van der Waals surface area (Å²) in [5, 5.41) is 22.9. The molecule has 0 aliphatic carbocycles. The summed E-state index contributed by atoms with van der Waals surface area (Å²) in [6, 6.07) is 0. The highest BCUT2D eigenvalue weighted by atomic mass is 79.9. The predicted molar refractivity (Wildman–Crippen MR) is 66.3 cm³/mol. The number of rotatable bonds is 6. The van der Waals surface area contributed by atoms with E-state index in [1.807, 2.05) is 11.7 Å². The van der Waals surface area contributed by atoms with Gasteiger partial charge in [0.25, 0.3) is 0 Å². The molecule has 4 nitrogen and oxygen atoms in total. The quantitative estimate of drug-likeness (QED) is 0.833. The van der Waals surface area contributed by atoms with Crippen LogP contribution in [-0.2, 0) is 19.9 Å². The van der Waals surface area contributed by atoms with Crippen LogP contribution in [0.4, 0.5) is 0 Å². The van der Waals surface area contributed by atoms with Crippen LogP contribution in [-0.4, -0.2) is 32.7 Å². The van der Waals surface area contributed by atoms with Gasteiger partial charge in [-0.3, -0.25) is 4.68 Å². The number of halogens is 1. The Morgan fingerprint density at radius 1 is 1.50 bits per heavy atom. The first kappa shape index (κ1) is 13.7. The molecule has 1 atom stereocenters. The summed E-state index contributed by atoms with van der Waals surface area (Å²) in [6.45, 7) is 2.18. The number of aromatic nitrogens is 2. The molecule has 0 amide bonds. The van der Waals surface area contributed by atoms with Crippen LogP contribution in [0.1, 0.15) is 31.2 Å². The van der Waals surface area contributed by atoms with Gasteiger partial charge >= 0.3 is 0 Å². The Hall–Kier alpha value is -0.390. The third kappa shape index (κ3) is 3.30. The molecule has 5 heteroatoms. The van der Waals surface area contributed by atoms with E-state index in [0.717, 1.165) is 22.3 Å². The Morgan fingerprint density at radius 3 is 2.69 bits per heavy atom. The van der Waals surface area contributed by atoms with Gasteiger partial charge in [0.05, 0.1) is 22.0 Å². The molecule has 1 aromatic rings. The van der Waals surface area contributed by atoms with E-state index in [2.05, 4.69) is 28.0 Å². The molecule has 2 N–H and O–H groups in total. The Bertz CT molecular complexity index is 339. The molecule has 92 valence electrons. The number of hydrogen-bond acceptors (Lipinski definition) is 3. The topological polar surface area (TPSA) is 58.3 Å². The summed E-state index contributed by atoms with van der Waals surface area (Å²) >= 11 is 3.52. The molecule has 0 saturated heterocycles. The molecule has 0 aliphatic rings. The van der Waals surface area contributed by atoms with Crippen LogP contribution in [0.25, 0.3) is 0 Å². The molecule has 0 radical (unpaired) electrons. The predicted octanol–water partition coefficient (Wildman–Crippen LogP) is 1.42. The third-order valence-electron chi connectivity index (χ3n) is 2.63. The lowest BCUT2D eigenvalue weighted by molar-refractivity contribution is 0.147. The minimum Gasteiger partial charge on any atom is -0.396 e. The monoisotopic (exact) mass is 290 g/mol. The molecule has 1 unspecified atom stereocenters. The van der Waals surface area contributed by atoms with Gasteiger partial charge in [-0.25, -0.2) is 0 Å². The van der Waals surface area contributed by atoms with E-state index in [4.69, 9.17) is 5.11 Å². The number of aryl methyl sites for hydroxylation is 2. The van der Waals surface area contributed by atoms with E-state index in [0.29, 0.717) is 19.3 Å². The average Bonchev–Trinajstić information content (AvgIpc) is 2.53. The zero-order valence-corrected chi connectivity index (χ0v) is 11.4. The van der Waals surface area contributed by atoms with Gasteiger partial charge in [0, 0.05) is 20.1 Å². The first-order valence-electron chi connectivity index (χ1n) is 5.59. The van der Waals surface area contributed by atoms with Gasteiger partial charge < -0.3 is 10.2 Å². The average molecular weight is 291 g/mol. The van der Waals surface area contributed by atoms with Crippen molar-refractivity contribution in [2.45, 2.75) is 38.7 Å². The summed E-state index contributed by atoms with van der Waals surface area (Å²) in [6.07, 6.45) is 2.29. The molecule has 1 rings (SSSR count). The second-order valence-corrected chi connectivity index (χ2v) is 4.70. The lowest BCUT2D eigenvalue weighted by Gasteiger charge is -2.10. The molecule has 0 spiro atoms. The van der Waals surface area contributed by atoms with E-state index >= 15 is 0 Å². The fraction of sp³-hybridized carbons (Fsp3) is 0.727. The molecule has 1 heterocycles. The van der Waals surface area contributed by atoms with Crippen LogP contribution in [0.2, 0.25) is 0 Å². The lowest BCUT2D eigenvalue weighted by Crippen LogP contribution is -2.14. The van der Waals surface area contributed by atoms with Crippen molar-refractivity contribution in [3.05, 3.63) is 15.9 Å². The van der Waals surface area contributed by atoms with Crippen LogP contribution in [0.3, 0.4) is 0 Å². The summed E-state index contributed by atoms with van der Waals surface area (Å²) in [7, 11) is 1.89. The third-order valence-corrected chi connectivity index (χ3v) is 3.54. The summed E-state index contributed by atoms with van der Waals surface area (Å²) < 4.78 is 2.81. The Morgan fingerprint density at radius 2 is 2.19 bits per heavy atom. The Balaban J connectivity index is 2.69. The normalized spacial score (nSPS) is 13.1. The Labute approximate surface area is 104 Å². The van der Waals surface area contributed by atoms with Crippen molar-refractivity contribution in [1.82, 2.24) is 9.78 Å². The van der Waals surface area contributed by atoms with Crippen LogP contribution in [0, 0.1) is 0 Å². The molecular weight excluding hydrogens is 272 g/mol. The smallest absolute Gasteiger partial charge is 0.0766 e. The van der Waals surface area contributed by atoms with Crippen LogP contribution in [0.15, 0.2) is 4.47 Å². The fourth-order valence-corrected chi connectivity index (χ4v) is 2.47. The SMILES string of the molecule is CCc1nn(C)c(CC(O)CCCO)c1Br. The highest BCUT2D eigenvalue weighted by Gasteiger charge is 2.15. The summed E-state index contributed by atoms with van der Waals surface area (Å²) in [4.78, 5) is 0. The van der Waals surface area contributed by atoms with Crippen molar-refractivity contribution in [3.8, 4) is 0 Å². The molecule has 0 saturated carbocycles. The van der Waals surface area contributed by atoms with Crippen LogP contribution in [0.5, 0.6) is 0 Å². The van der Waals surface area contributed by atoms with E-state index in [1.54, 1.807) is 0 Å². The maximum absolute atomic E-state index is 9.79.